The summed E-state index contributed by atoms with van der Waals surface area (Å²) >= 11 is 0. The van der Waals surface area contributed by atoms with Gasteiger partial charge in [-0.3, -0.25) is 0 Å². The van der Waals surface area contributed by atoms with E-state index in [9.17, 15) is 9.90 Å². The van der Waals surface area contributed by atoms with Gasteiger partial charge in [0.05, 0.1) is 24.2 Å². The van der Waals surface area contributed by atoms with Gasteiger partial charge in [0.1, 0.15) is 13.2 Å². The zero-order valence-corrected chi connectivity index (χ0v) is 14.0. The van der Waals surface area contributed by atoms with Gasteiger partial charge in [-0.15, -0.1) is 0 Å². The second kappa shape index (κ2) is 5.35. The highest BCUT2D eigenvalue weighted by atomic mass is 16.7. The van der Waals surface area contributed by atoms with Gasteiger partial charge in [0.2, 0.25) is 0 Å². The SMILES string of the molecule is CCC1(COC(=O)OCC23CC4CC(CC(O)(C4)C2)C3)COC1. The summed E-state index contributed by atoms with van der Waals surface area (Å²) in [4.78, 5) is 12.0. The Bertz CT molecular complexity index is 464. The molecule has 5 fully saturated rings. The largest absolute Gasteiger partial charge is 0.508 e. The highest BCUT2D eigenvalue weighted by Crippen LogP contribution is 2.61. The Morgan fingerprint density at radius 1 is 1.13 bits per heavy atom. The Morgan fingerprint density at radius 3 is 2.30 bits per heavy atom. The molecular weight excluding hydrogens is 296 g/mol. The van der Waals surface area contributed by atoms with Crippen molar-refractivity contribution in [1.82, 2.24) is 0 Å². The van der Waals surface area contributed by atoms with Crippen LogP contribution in [0.1, 0.15) is 51.9 Å². The molecular formula is C18H28O5. The van der Waals surface area contributed by atoms with Crippen LogP contribution in [0.25, 0.3) is 0 Å². The first-order valence-electron chi connectivity index (χ1n) is 9.04. The van der Waals surface area contributed by atoms with Gasteiger partial charge < -0.3 is 19.3 Å². The number of hydrogen-bond donors (Lipinski definition) is 1. The maximum atomic E-state index is 12.0. The second-order valence-corrected chi connectivity index (χ2v) is 8.86. The van der Waals surface area contributed by atoms with Gasteiger partial charge in [-0.2, -0.15) is 0 Å². The molecule has 1 heterocycles. The van der Waals surface area contributed by atoms with Crippen molar-refractivity contribution in [3.05, 3.63) is 0 Å². The van der Waals surface area contributed by atoms with Crippen molar-refractivity contribution in [2.45, 2.75) is 57.5 Å². The van der Waals surface area contributed by atoms with Crippen LogP contribution in [0.3, 0.4) is 0 Å². The van der Waals surface area contributed by atoms with E-state index in [2.05, 4.69) is 6.92 Å². The highest BCUT2D eigenvalue weighted by molar-refractivity contribution is 5.60. The zero-order valence-electron chi connectivity index (χ0n) is 14.0. The lowest BCUT2D eigenvalue weighted by Gasteiger charge is -2.59. The highest BCUT2D eigenvalue weighted by Gasteiger charge is 2.57. The second-order valence-electron chi connectivity index (χ2n) is 8.86. The Morgan fingerprint density at radius 2 is 1.78 bits per heavy atom. The van der Waals surface area contributed by atoms with Crippen LogP contribution in [0.5, 0.6) is 0 Å². The smallest absolute Gasteiger partial charge is 0.434 e. The van der Waals surface area contributed by atoms with Crippen LogP contribution in [0.15, 0.2) is 0 Å². The Hall–Kier alpha value is -0.810. The molecule has 0 aromatic rings. The molecule has 130 valence electrons. The first kappa shape index (κ1) is 15.7. The van der Waals surface area contributed by atoms with Crippen molar-refractivity contribution in [3.63, 3.8) is 0 Å². The van der Waals surface area contributed by atoms with E-state index in [0.717, 1.165) is 38.5 Å². The molecule has 0 spiro atoms. The minimum absolute atomic E-state index is 0.00510. The van der Waals surface area contributed by atoms with Crippen molar-refractivity contribution >= 4 is 6.16 Å². The lowest BCUT2D eigenvalue weighted by atomic mass is 9.48. The minimum Gasteiger partial charge on any atom is -0.434 e. The molecule has 2 atom stereocenters. The van der Waals surface area contributed by atoms with E-state index in [1.165, 1.54) is 6.42 Å². The van der Waals surface area contributed by atoms with Crippen LogP contribution < -0.4 is 0 Å². The third-order valence-corrected chi connectivity index (χ3v) is 6.71. The molecule has 0 aromatic carbocycles. The van der Waals surface area contributed by atoms with Crippen LogP contribution >= 0.6 is 0 Å². The summed E-state index contributed by atoms with van der Waals surface area (Å²) in [5, 5.41) is 10.7. The molecule has 4 aliphatic carbocycles. The monoisotopic (exact) mass is 324 g/mol. The van der Waals surface area contributed by atoms with E-state index in [-0.39, 0.29) is 10.8 Å². The van der Waals surface area contributed by atoms with E-state index < -0.39 is 11.8 Å². The summed E-state index contributed by atoms with van der Waals surface area (Å²) in [6.07, 6.45) is 6.47. The van der Waals surface area contributed by atoms with Crippen molar-refractivity contribution in [2.24, 2.45) is 22.7 Å². The van der Waals surface area contributed by atoms with Gasteiger partial charge in [-0.25, -0.2) is 4.79 Å². The number of carbonyl (C=O) groups excluding carboxylic acids is 1. The molecule has 1 aliphatic heterocycles. The predicted octanol–water partition coefficient (Wildman–Crippen LogP) is 2.90. The third kappa shape index (κ3) is 2.86. The van der Waals surface area contributed by atoms with Crippen LogP contribution in [0.4, 0.5) is 4.79 Å². The predicted molar refractivity (Wildman–Crippen MR) is 82.9 cm³/mol. The quantitative estimate of drug-likeness (QED) is 0.788. The number of aliphatic hydroxyl groups is 1. The molecule has 1 N–H and O–H groups in total. The molecule has 0 aromatic heterocycles. The van der Waals surface area contributed by atoms with Gasteiger partial charge in [-0.1, -0.05) is 6.92 Å². The Balaban J connectivity index is 1.30. The summed E-state index contributed by atoms with van der Waals surface area (Å²) in [5.74, 6) is 1.22. The first-order chi connectivity index (χ1) is 10.9. The zero-order chi connectivity index (χ0) is 16.1. The van der Waals surface area contributed by atoms with Crippen molar-refractivity contribution in [3.8, 4) is 0 Å². The fraction of sp³-hybridized carbons (Fsp3) is 0.944. The topological polar surface area (TPSA) is 65.0 Å². The number of carbonyl (C=O) groups is 1. The Labute approximate surface area is 137 Å². The van der Waals surface area contributed by atoms with E-state index in [0.29, 0.717) is 38.3 Å². The van der Waals surface area contributed by atoms with E-state index in [1.807, 2.05) is 0 Å². The van der Waals surface area contributed by atoms with Gasteiger partial charge in [0.15, 0.2) is 0 Å². The molecule has 5 heteroatoms. The first-order valence-corrected chi connectivity index (χ1v) is 9.04. The standard InChI is InChI=1S/C18H28O5/c1-2-16(9-21-10-16)11-22-15(19)23-12-17-4-13-3-14(5-17)7-18(20,6-13)8-17/h13-14,20H,2-12H2,1H3. The summed E-state index contributed by atoms with van der Waals surface area (Å²) in [5.41, 5.74) is -0.526. The molecule has 4 bridgehead atoms. The average molecular weight is 324 g/mol. The molecule has 1 saturated heterocycles. The fourth-order valence-electron chi connectivity index (χ4n) is 5.82. The summed E-state index contributed by atoms with van der Waals surface area (Å²) < 4.78 is 16.0. The Kier molecular flexibility index (Phi) is 3.65. The molecule has 0 radical (unpaired) electrons. The number of rotatable bonds is 5. The molecule has 4 saturated carbocycles. The van der Waals surface area contributed by atoms with Crippen LogP contribution in [0.2, 0.25) is 0 Å². The van der Waals surface area contributed by atoms with Crippen molar-refractivity contribution < 1.29 is 24.1 Å². The van der Waals surface area contributed by atoms with Crippen LogP contribution in [-0.4, -0.2) is 43.3 Å². The lowest BCUT2D eigenvalue weighted by Crippen LogP contribution is -2.57. The van der Waals surface area contributed by atoms with Crippen molar-refractivity contribution in [1.29, 1.82) is 0 Å². The third-order valence-electron chi connectivity index (χ3n) is 6.71. The molecule has 0 amide bonds. The van der Waals surface area contributed by atoms with Crippen LogP contribution in [-0.2, 0) is 14.2 Å². The van der Waals surface area contributed by atoms with Crippen LogP contribution in [0, 0.1) is 22.7 Å². The maximum absolute atomic E-state index is 12.0. The minimum atomic E-state index is -0.563. The van der Waals surface area contributed by atoms with Gasteiger partial charge in [0.25, 0.3) is 0 Å². The average Bonchev–Trinajstić information content (AvgIpc) is 2.42. The number of ether oxygens (including phenoxy) is 3. The van der Waals surface area contributed by atoms with Gasteiger partial charge in [-0.05, 0) is 56.8 Å². The lowest BCUT2D eigenvalue weighted by molar-refractivity contribution is -0.179. The van der Waals surface area contributed by atoms with E-state index >= 15 is 0 Å². The summed E-state index contributed by atoms with van der Waals surface area (Å²) in [7, 11) is 0. The molecule has 5 rings (SSSR count). The molecule has 23 heavy (non-hydrogen) atoms. The van der Waals surface area contributed by atoms with Crippen molar-refractivity contribution in [2.75, 3.05) is 26.4 Å². The molecule has 2 unspecified atom stereocenters. The maximum Gasteiger partial charge on any atom is 0.508 e. The number of hydrogen-bond acceptors (Lipinski definition) is 5. The summed E-state index contributed by atoms with van der Waals surface area (Å²) in [6.45, 7) is 4.20. The fourth-order valence-corrected chi connectivity index (χ4v) is 5.82. The van der Waals surface area contributed by atoms with Gasteiger partial charge >= 0.3 is 6.16 Å². The normalized spacial score (nSPS) is 43.0. The van der Waals surface area contributed by atoms with E-state index in [1.54, 1.807) is 0 Å². The van der Waals surface area contributed by atoms with Gasteiger partial charge in [0, 0.05) is 5.41 Å². The van der Waals surface area contributed by atoms with E-state index in [4.69, 9.17) is 14.2 Å². The summed E-state index contributed by atoms with van der Waals surface area (Å²) in [6, 6.07) is 0. The molecule has 5 nitrogen and oxygen atoms in total. The molecule has 5 aliphatic rings.